The predicted octanol–water partition coefficient (Wildman–Crippen LogP) is 5.65. The van der Waals surface area contributed by atoms with Crippen LogP contribution < -0.4 is 11.1 Å². The van der Waals surface area contributed by atoms with Gasteiger partial charge >= 0.3 is 0 Å². The predicted molar refractivity (Wildman–Crippen MR) is 127 cm³/mol. The van der Waals surface area contributed by atoms with E-state index in [1.165, 1.54) is 24.5 Å². The molecular weight excluding hydrogens is 565 g/mol. The quantitative estimate of drug-likeness (QED) is 0.322. The Morgan fingerprint density at radius 3 is 1.76 bits per heavy atom. The number of anilines is 1. The van der Waals surface area contributed by atoms with Gasteiger partial charge in [0.1, 0.15) is 17.5 Å². The number of nitrogens with one attached hydrogen (secondary N) is 1. The average Bonchev–Trinajstić information content (AvgIpc) is 2.81. The third-order valence-corrected chi connectivity index (χ3v) is 4.79. The molecule has 3 N–H and O–H groups in total. The summed E-state index contributed by atoms with van der Waals surface area (Å²) >= 11 is 6.35. The number of nitrogens with two attached hydrogens (primary N) is 1. The van der Waals surface area contributed by atoms with Crippen LogP contribution in [-0.2, 0) is 13.1 Å². The third-order valence-electron chi connectivity index (χ3n) is 3.80. The molecule has 0 radical (unpaired) electrons. The second-order valence-corrected chi connectivity index (χ2v) is 7.98. The first-order valence-corrected chi connectivity index (χ1v) is 11.0. The summed E-state index contributed by atoms with van der Waals surface area (Å²) < 4.78 is 39.4. The Morgan fingerprint density at radius 1 is 0.758 bits per heavy atom. The Labute approximate surface area is 205 Å². The van der Waals surface area contributed by atoms with Gasteiger partial charge in [0.05, 0.1) is 12.4 Å². The van der Waals surface area contributed by atoms with E-state index in [-0.39, 0.29) is 18.2 Å². The van der Waals surface area contributed by atoms with Crippen LogP contribution in [0.15, 0.2) is 82.5 Å². The first-order chi connectivity index (χ1) is 15.9. The van der Waals surface area contributed by atoms with E-state index in [2.05, 4.69) is 57.1 Å². The van der Waals surface area contributed by atoms with Crippen molar-refractivity contribution in [1.29, 1.82) is 0 Å². The number of rotatable bonds is 4. The van der Waals surface area contributed by atoms with E-state index in [0.29, 0.717) is 23.5 Å². The molecule has 0 fully saturated rings. The molecule has 0 saturated heterocycles. The summed E-state index contributed by atoms with van der Waals surface area (Å²) in [5.41, 5.74) is 6.38. The summed E-state index contributed by atoms with van der Waals surface area (Å²) in [6, 6.07) is 9.81. The van der Waals surface area contributed by atoms with Crippen LogP contribution >= 0.6 is 31.9 Å². The zero-order valence-electron chi connectivity index (χ0n) is 17.1. The topological polar surface area (TPSA) is 89.6 Å². The fourth-order valence-electron chi connectivity index (χ4n) is 2.21. The van der Waals surface area contributed by atoms with E-state index in [1.807, 2.05) is 0 Å². The number of hydrogen-bond acceptors (Lipinski definition) is 6. The summed E-state index contributed by atoms with van der Waals surface area (Å²) in [4.78, 5) is 14.6. The largest absolute Gasteiger partial charge is 0.365 e. The highest BCUT2D eigenvalue weighted by Crippen LogP contribution is 2.16. The van der Waals surface area contributed by atoms with Crippen LogP contribution in [0.3, 0.4) is 0 Å². The van der Waals surface area contributed by atoms with Gasteiger partial charge in [0.15, 0.2) is 0 Å². The molecule has 0 spiro atoms. The molecule has 0 aliphatic carbocycles. The molecule has 6 nitrogen and oxygen atoms in total. The molecule has 11 heteroatoms. The second kappa shape index (κ2) is 14.3. The normalized spacial score (nSPS) is 9.76. The van der Waals surface area contributed by atoms with Gasteiger partial charge in [-0.05, 0) is 24.3 Å². The van der Waals surface area contributed by atoms with Gasteiger partial charge in [-0.15, -0.1) is 0 Å². The van der Waals surface area contributed by atoms with Gasteiger partial charge < -0.3 is 11.1 Å². The van der Waals surface area contributed by atoms with E-state index >= 15 is 0 Å². The van der Waals surface area contributed by atoms with Crippen LogP contribution in [0.5, 0.6) is 0 Å². The van der Waals surface area contributed by atoms with Crippen molar-refractivity contribution in [3.8, 4) is 0 Å². The Morgan fingerprint density at radius 2 is 1.33 bits per heavy atom. The summed E-state index contributed by atoms with van der Waals surface area (Å²) in [7, 11) is 0. The maximum Gasteiger partial charge on any atom is 0.231 e. The molecule has 2 aromatic carbocycles. The summed E-state index contributed by atoms with van der Waals surface area (Å²) in [6.07, 6.45) is 8.54. The van der Waals surface area contributed by atoms with Crippen molar-refractivity contribution in [2.75, 3.05) is 5.32 Å². The molecule has 0 bridgehead atoms. The van der Waals surface area contributed by atoms with E-state index in [0.717, 1.165) is 15.1 Å². The lowest BCUT2D eigenvalue weighted by Crippen LogP contribution is -2.03. The molecule has 4 rings (SSSR count). The monoisotopic (exact) mass is 582 g/mol. The van der Waals surface area contributed by atoms with E-state index < -0.39 is 5.95 Å². The molecule has 33 heavy (non-hydrogen) atoms. The standard InChI is InChI=1S/C11H9BrFN3.C7H7BrFN.C4H3FN2/c12-9-2-1-8(10(13)5-9)6-16-11-7-14-3-4-15-11;8-6-2-1-5(4-10)7(9)3-6;5-4-3-6-1-2-7-4/h1-5,7H,6H2,(H,15,16);1-3H,4,10H2;1-3H. The van der Waals surface area contributed by atoms with Gasteiger partial charge in [0, 0.05) is 57.9 Å². The summed E-state index contributed by atoms with van der Waals surface area (Å²) in [6.45, 7) is 0.636. The summed E-state index contributed by atoms with van der Waals surface area (Å²) in [5, 5.41) is 2.99. The molecule has 0 saturated carbocycles. The Bertz CT molecular complexity index is 1120. The Balaban J connectivity index is 0.000000193. The average molecular weight is 584 g/mol. The SMILES string of the molecule is Fc1cc(Br)ccc1CNc1cnccn1.Fc1cnccn1.NCc1ccc(Br)cc1F. The van der Waals surface area contributed by atoms with Crippen LogP contribution in [0.25, 0.3) is 0 Å². The van der Waals surface area contributed by atoms with Crippen molar-refractivity contribution in [3.63, 3.8) is 0 Å². The minimum absolute atomic E-state index is 0.245. The van der Waals surface area contributed by atoms with Crippen LogP contribution in [0.1, 0.15) is 11.1 Å². The molecule has 0 atom stereocenters. The third kappa shape index (κ3) is 10.1. The number of halogens is 5. The zero-order valence-corrected chi connectivity index (χ0v) is 20.3. The fraction of sp³-hybridized carbons (Fsp3) is 0.0909. The number of nitrogens with zero attached hydrogens (tertiary/aromatic N) is 4. The molecule has 0 amide bonds. The van der Waals surface area contributed by atoms with Crippen molar-refractivity contribution in [1.82, 2.24) is 19.9 Å². The molecule has 172 valence electrons. The van der Waals surface area contributed by atoms with Crippen molar-refractivity contribution >= 4 is 37.7 Å². The van der Waals surface area contributed by atoms with Gasteiger partial charge in [-0.3, -0.25) is 9.97 Å². The van der Waals surface area contributed by atoms with Gasteiger partial charge in [-0.2, -0.15) is 4.39 Å². The Kier molecular flexibility index (Phi) is 11.4. The van der Waals surface area contributed by atoms with Crippen LogP contribution in [0.4, 0.5) is 19.0 Å². The van der Waals surface area contributed by atoms with Gasteiger partial charge in [-0.1, -0.05) is 44.0 Å². The lowest BCUT2D eigenvalue weighted by molar-refractivity contribution is 0.576. The van der Waals surface area contributed by atoms with Crippen molar-refractivity contribution in [3.05, 3.63) is 111 Å². The van der Waals surface area contributed by atoms with Gasteiger partial charge in [-0.25, -0.2) is 18.7 Å². The van der Waals surface area contributed by atoms with E-state index in [1.54, 1.807) is 42.9 Å². The van der Waals surface area contributed by atoms with Crippen LogP contribution in [0.2, 0.25) is 0 Å². The maximum absolute atomic E-state index is 13.4. The smallest absolute Gasteiger partial charge is 0.231 e. The Hall–Kier alpha value is -2.89. The van der Waals surface area contributed by atoms with Gasteiger partial charge in [0.2, 0.25) is 5.95 Å². The minimum atomic E-state index is -0.539. The molecule has 0 aliphatic heterocycles. The lowest BCUT2D eigenvalue weighted by atomic mass is 10.2. The van der Waals surface area contributed by atoms with Crippen LogP contribution in [0, 0.1) is 17.6 Å². The highest BCUT2D eigenvalue weighted by Gasteiger charge is 2.02. The number of aromatic nitrogens is 4. The van der Waals surface area contributed by atoms with Crippen molar-refractivity contribution in [2.45, 2.75) is 13.1 Å². The fourth-order valence-corrected chi connectivity index (χ4v) is 2.88. The number of benzene rings is 2. The molecule has 2 aromatic heterocycles. The molecular formula is C22H19Br2F3N6. The zero-order chi connectivity index (χ0) is 24.1. The first kappa shape index (κ1) is 26.4. The lowest BCUT2D eigenvalue weighted by Gasteiger charge is -2.06. The van der Waals surface area contributed by atoms with E-state index in [4.69, 9.17) is 5.73 Å². The molecule has 0 aliphatic rings. The van der Waals surface area contributed by atoms with Crippen LogP contribution in [-0.4, -0.2) is 19.9 Å². The molecule has 0 unspecified atom stereocenters. The highest BCUT2D eigenvalue weighted by atomic mass is 79.9. The summed E-state index contributed by atoms with van der Waals surface area (Å²) in [5.74, 6) is -0.407. The van der Waals surface area contributed by atoms with Gasteiger partial charge in [0.25, 0.3) is 0 Å². The second-order valence-electron chi connectivity index (χ2n) is 6.15. The van der Waals surface area contributed by atoms with Crippen molar-refractivity contribution in [2.24, 2.45) is 5.73 Å². The van der Waals surface area contributed by atoms with E-state index in [9.17, 15) is 13.2 Å². The minimum Gasteiger partial charge on any atom is -0.365 e. The highest BCUT2D eigenvalue weighted by molar-refractivity contribution is 9.10. The maximum atomic E-state index is 13.4. The van der Waals surface area contributed by atoms with Crippen molar-refractivity contribution < 1.29 is 13.2 Å². The molecule has 4 aromatic rings. The molecule has 2 heterocycles. The first-order valence-electron chi connectivity index (χ1n) is 9.38. The number of hydrogen-bond donors (Lipinski definition) is 2.